The number of fused-ring (bicyclic) bond motifs is 9. The van der Waals surface area contributed by atoms with Gasteiger partial charge in [-0.25, -0.2) is 15.0 Å². The maximum Gasteiger partial charge on any atom is 0.164 e. The molecule has 13 rings (SSSR count). The maximum atomic E-state index is 5.35. The van der Waals surface area contributed by atoms with Crippen LogP contribution in [0.15, 0.2) is 212 Å². The van der Waals surface area contributed by atoms with Crippen LogP contribution in [0.3, 0.4) is 0 Å². The van der Waals surface area contributed by atoms with Crippen molar-refractivity contribution in [3.8, 4) is 45.5 Å². The third-order valence-electron chi connectivity index (χ3n) is 12.5. The Morgan fingerprint density at radius 1 is 0.274 bits per heavy atom. The highest BCUT2D eigenvalue weighted by Crippen LogP contribution is 2.40. The molecule has 0 aliphatic rings. The largest absolute Gasteiger partial charge is 0.309 e. The highest BCUT2D eigenvalue weighted by Gasteiger charge is 2.20. The lowest BCUT2D eigenvalue weighted by molar-refractivity contribution is 1.08. The zero-order valence-corrected chi connectivity index (χ0v) is 33.4. The number of benzene rings is 10. The van der Waals surface area contributed by atoms with Crippen LogP contribution in [0, 0.1) is 0 Å². The van der Waals surface area contributed by atoms with Gasteiger partial charge < -0.3 is 9.13 Å². The Morgan fingerprint density at radius 3 is 1.53 bits per heavy atom. The molecule has 0 spiro atoms. The lowest BCUT2D eigenvalue weighted by Crippen LogP contribution is -2.02. The predicted octanol–water partition coefficient (Wildman–Crippen LogP) is 14.5. The van der Waals surface area contributed by atoms with Gasteiger partial charge in [-0.15, -0.1) is 0 Å². The first-order valence-electron chi connectivity index (χ1n) is 21.0. The highest BCUT2D eigenvalue weighted by atomic mass is 15.0. The smallest absolute Gasteiger partial charge is 0.164 e. The fourth-order valence-electron chi connectivity index (χ4n) is 9.64. The summed E-state index contributed by atoms with van der Waals surface area (Å²) in [6, 6.07) is 75.7. The quantitative estimate of drug-likeness (QED) is 0.174. The molecular weight excluding hydrogens is 755 g/mol. The summed E-state index contributed by atoms with van der Waals surface area (Å²) in [5, 5.41) is 11.7. The van der Waals surface area contributed by atoms with Gasteiger partial charge >= 0.3 is 0 Å². The standard InChI is InChI=1S/C57H35N5/c1-2-18-42(19-3-1)61-50-24-12-10-22-45(50)48-34-41(28-30-53(48)61)56-58-55(40-27-26-36-14-4-5-15-37(36)32-40)59-57(60-56)47-29-31-52(44-21-9-8-20-43(44)47)62-51-25-13-11-23-46(51)49-33-38-16-6-7-17-39(38)35-54(49)62/h1-35H. The van der Waals surface area contributed by atoms with Crippen molar-refractivity contribution in [1.82, 2.24) is 24.1 Å². The Balaban J connectivity index is 1.04. The topological polar surface area (TPSA) is 48.5 Å². The van der Waals surface area contributed by atoms with Crippen molar-refractivity contribution < 1.29 is 0 Å². The fourth-order valence-corrected chi connectivity index (χ4v) is 9.64. The minimum Gasteiger partial charge on any atom is -0.309 e. The zero-order valence-electron chi connectivity index (χ0n) is 33.4. The Labute approximate surface area is 356 Å². The molecule has 0 aliphatic heterocycles. The summed E-state index contributed by atoms with van der Waals surface area (Å²) in [4.78, 5) is 15.9. The molecule has 10 aromatic carbocycles. The number of hydrogen-bond acceptors (Lipinski definition) is 3. The van der Waals surface area contributed by atoms with Crippen molar-refractivity contribution in [2.24, 2.45) is 0 Å². The molecule has 0 aliphatic carbocycles. The molecule has 5 heteroatoms. The second-order valence-electron chi connectivity index (χ2n) is 16.0. The molecule has 0 bridgehead atoms. The molecule has 0 atom stereocenters. The molecule has 13 aromatic rings. The van der Waals surface area contributed by atoms with E-state index in [1.165, 1.54) is 43.4 Å². The van der Waals surface area contributed by atoms with Gasteiger partial charge in [-0.3, -0.25) is 0 Å². The number of nitrogens with zero attached hydrogens (tertiary/aromatic N) is 5. The predicted molar refractivity (Wildman–Crippen MR) is 257 cm³/mol. The average Bonchev–Trinajstić information content (AvgIpc) is 3.84. The molecule has 0 amide bonds. The second-order valence-corrected chi connectivity index (χ2v) is 16.0. The summed E-state index contributed by atoms with van der Waals surface area (Å²) in [7, 11) is 0. The first-order chi connectivity index (χ1) is 30.7. The Morgan fingerprint density at radius 2 is 0.790 bits per heavy atom. The summed E-state index contributed by atoms with van der Waals surface area (Å²) >= 11 is 0. The second kappa shape index (κ2) is 13.6. The first-order valence-corrected chi connectivity index (χ1v) is 21.0. The van der Waals surface area contributed by atoms with E-state index in [-0.39, 0.29) is 0 Å². The van der Waals surface area contributed by atoms with Crippen LogP contribution in [0.4, 0.5) is 0 Å². The first kappa shape index (κ1) is 34.5. The molecule has 0 unspecified atom stereocenters. The Kier molecular flexibility index (Phi) is 7.54. The van der Waals surface area contributed by atoms with Crippen LogP contribution in [0.25, 0.3) is 121 Å². The van der Waals surface area contributed by atoms with Gasteiger partial charge in [-0.2, -0.15) is 0 Å². The van der Waals surface area contributed by atoms with Gasteiger partial charge in [0.2, 0.25) is 0 Å². The van der Waals surface area contributed by atoms with Gasteiger partial charge in [0.15, 0.2) is 17.5 Å². The summed E-state index contributed by atoms with van der Waals surface area (Å²) in [5.74, 6) is 1.88. The summed E-state index contributed by atoms with van der Waals surface area (Å²) in [6.07, 6.45) is 0. The van der Waals surface area contributed by atoms with Gasteiger partial charge in [-0.05, 0) is 99.7 Å². The lowest BCUT2D eigenvalue weighted by atomic mass is 10.0. The maximum absolute atomic E-state index is 5.35. The van der Waals surface area contributed by atoms with E-state index in [0.717, 1.165) is 60.6 Å². The molecule has 0 radical (unpaired) electrons. The van der Waals surface area contributed by atoms with Crippen LogP contribution >= 0.6 is 0 Å². The monoisotopic (exact) mass is 789 g/mol. The van der Waals surface area contributed by atoms with Crippen LogP contribution in [0.1, 0.15) is 0 Å². The van der Waals surface area contributed by atoms with E-state index >= 15 is 0 Å². The fraction of sp³-hybridized carbons (Fsp3) is 0. The van der Waals surface area contributed by atoms with Crippen molar-refractivity contribution in [1.29, 1.82) is 0 Å². The van der Waals surface area contributed by atoms with E-state index in [0.29, 0.717) is 17.5 Å². The van der Waals surface area contributed by atoms with Crippen LogP contribution in [0.5, 0.6) is 0 Å². The molecule has 0 saturated heterocycles. The lowest BCUT2D eigenvalue weighted by Gasteiger charge is -2.15. The summed E-state index contributed by atoms with van der Waals surface area (Å²) < 4.78 is 4.75. The molecular formula is C57H35N5. The van der Waals surface area contributed by atoms with E-state index in [1.54, 1.807) is 0 Å². The van der Waals surface area contributed by atoms with Crippen molar-refractivity contribution in [3.05, 3.63) is 212 Å². The third kappa shape index (κ3) is 5.32. The number of para-hydroxylation sites is 3. The minimum absolute atomic E-state index is 0.624. The van der Waals surface area contributed by atoms with Crippen LogP contribution in [-0.2, 0) is 0 Å². The van der Waals surface area contributed by atoms with E-state index in [9.17, 15) is 0 Å². The van der Waals surface area contributed by atoms with Gasteiger partial charge in [0.1, 0.15) is 0 Å². The summed E-state index contributed by atoms with van der Waals surface area (Å²) in [5.41, 5.74) is 9.67. The van der Waals surface area contributed by atoms with E-state index < -0.39 is 0 Å². The van der Waals surface area contributed by atoms with E-state index in [2.05, 4.69) is 221 Å². The number of rotatable bonds is 5. The van der Waals surface area contributed by atoms with Crippen LogP contribution in [0.2, 0.25) is 0 Å². The van der Waals surface area contributed by atoms with Gasteiger partial charge in [0.25, 0.3) is 0 Å². The molecule has 5 nitrogen and oxygen atoms in total. The Bertz CT molecular complexity index is 3930. The molecule has 0 fully saturated rings. The molecule has 0 saturated carbocycles. The van der Waals surface area contributed by atoms with Gasteiger partial charge in [-0.1, -0.05) is 140 Å². The normalized spacial score (nSPS) is 11.9. The Hall–Kier alpha value is -8.41. The minimum atomic E-state index is 0.624. The van der Waals surface area contributed by atoms with Crippen molar-refractivity contribution in [2.75, 3.05) is 0 Å². The molecule has 288 valence electrons. The van der Waals surface area contributed by atoms with Crippen LogP contribution in [-0.4, -0.2) is 24.1 Å². The van der Waals surface area contributed by atoms with Crippen LogP contribution < -0.4 is 0 Å². The SMILES string of the molecule is c1ccc(-n2c3ccccc3c3cc(-c4nc(-c5ccc6ccccc6c5)nc(-c5ccc(-n6c7ccccc7c7cc8ccccc8cc76)c6ccccc56)n4)ccc32)cc1. The summed E-state index contributed by atoms with van der Waals surface area (Å²) in [6.45, 7) is 0. The van der Waals surface area contributed by atoms with Gasteiger partial charge in [0, 0.05) is 49.3 Å². The number of aromatic nitrogens is 5. The zero-order chi connectivity index (χ0) is 40.7. The molecule has 62 heavy (non-hydrogen) atoms. The molecule has 3 aromatic heterocycles. The van der Waals surface area contributed by atoms with Crippen molar-refractivity contribution in [2.45, 2.75) is 0 Å². The molecule has 0 N–H and O–H groups in total. The number of hydrogen-bond donors (Lipinski definition) is 0. The van der Waals surface area contributed by atoms with Crippen molar-refractivity contribution >= 4 is 75.9 Å². The average molecular weight is 790 g/mol. The van der Waals surface area contributed by atoms with Crippen molar-refractivity contribution in [3.63, 3.8) is 0 Å². The molecule has 3 heterocycles. The van der Waals surface area contributed by atoms with E-state index in [1.807, 2.05) is 0 Å². The van der Waals surface area contributed by atoms with E-state index in [4.69, 9.17) is 15.0 Å². The van der Waals surface area contributed by atoms with Gasteiger partial charge in [0.05, 0.1) is 27.8 Å². The third-order valence-corrected chi connectivity index (χ3v) is 12.5. The highest BCUT2D eigenvalue weighted by molar-refractivity contribution is 6.15.